The predicted molar refractivity (Wildman–Crippen MR) is 55.4 cm³/mol. The largest absolute Gasteiger partial charge is 0.330 e. The van der Waals surface area contributed by atoms with Crippen molar-refractivity contribution in [3.05, 3.63) is 40.4 Å². The van der Waals surface area contributed by atoms with Crippen molar-refractivity contribution in [1.29, 1.82) is 0 Å². The smallest absolute Gasteiger partial charge is 0.327 e. The number of carbonyl (C=O) groups excluding carboxylic acids is 1. The molecule has 1 amide bonds. The first-order chi connectivity index (χ1) is 7.27. The van der Waals surface area contributed by atoms with Crippen LogP contribution in [0.15, 0.2) is 29.2 Å². The minimum Gasteiger partial charge on any atom is -0.327 e. The standard InChI is InChI=1S/C10H7N3O2/c14-9-6-2-1-3-7-8(6)13(5-4-11-9)10(15)12-7/h1-5H,(H,11,14)(H,12,15). The quantitative estimate of drug-likeness (QED) is 0.651. The number of H-pyrrole nitrogens is 1. The summed E-state index contributed by atoms with van der Waals surface area (Å²) in [5.74, 6) is -0.206. The lowest BCUT2D eigenvalue weighted by molar-refractivity contribution is 0.0972. The Morgan fingerprint density at radius 1 is 1.20 bits per heavy atom. The molecule has 5 heteroatoms. The Hall–Kier alpha value is -2.30. The molecule has 5 nitrogen and oxygen atoms in total. The number of benzene rings is 1. The molecule has 2 aromatic rings. The Morgan fingerprint density at radius 2 is 2.07 bits per heavy atom. The van der Waals surface area contributed by atoms with E-state index in [0.717, 1.165) is 0 Å². The normalized spacial score (nSPS) is 14.0. The Bertz CT molecular complexity index is 648. The van der Waals surface area contributed by atoms with E-state index < -0.39 is 0 Å². The van der Waals surface area contributed by atoms with Crippen molar-refractivity contribution in [2.75, 3.05) is 0 Å². The third-order valence-corrected chi connectivity index (χ3v) is 2.42. The summed E-state index contributed by atoms with van der Waals surface area (Å²) in [5.41, 5.74) is 1.54. The first-order valence-electron chi connectivity index (χ1n) is 4.48. The van der Waals surface area contributed by atoms with Crippen molar-refractivity contribution in [3.63, 3.8) is 0 Å². The van der Waals surface area contributed by atoms with Crippen molar-refractivity contribution in [2.24, 2.45) is 0 Å². The van der Waals surface area contributed by atoms with E-state index in [2.05, 4.69) is 10.3 Å². The fourth-order valence-corrected chi connectivity index (χ4v) is 1.77. The van der Waals surface area contributed by atoms with E-state index in [1.807, 2.05) is 0 Å². The number of nitrogens with one attached hydrogen (secondary N) is 2. The number of amides is 1. The molecule has 1 aliphatic rings. The van der Waals surface area contributed by atoms with Gasteiger partial charge in [-0.2, -0.15) is 0 Å². The number of nitrogens with zero attached hydrogens (tertiary/aromatic N) is 1. The first kappa shape index (κ1) is 8.05. The van der Waals surface area contributed by atoms with Crippen molar-refractivity contribution >= 4 is 23.1 Å². The molecule has 0 saturated heterocycles. The summed E-state index contributed by atoms with van der Waals surface area (Å²) in [7, 11) is 0. The molecule has 0 saturated carbocycles. The van der Waals surface area contributed by atoms with Crippen LogP contribution in [0.3, 0.4) is 0 Å². The number of rotatable bonds is 0. The van der Waals surface area contributed by atoms with E-state index in [4.69, 9.17) is 0 Å². The van der Waals surface area contributed by atoms with Crippen LogP contribution in [0.5, 0.6) is 0 Å². The molecule has 2 heterocycles. The van der Waals surface area contributed by atoms with Crippen LogP contribution in [0.2, 0.25) is 0 Å². The van der Waals surface area contributed by atoms with Crippen molar-refractivity contribution in [1.82, 2.24) is 14.9 Å². The van der Waals surface area contributed by atoms with Gasteiger partial charge in [0, 0.05) is 12.4 Å². The monoisotopic (exact) mass is 201 g/mol. The molecular weight excluding hydrogens is 194 g/mol. The fourth-order valence-electron chi connectivity index (χ4n) is 1.77. The molecule has 1 aromatic heterocycles. The third kappa shape index (κ3) is 0.969. The summed E-state index contributed by atoms with van der Waals surface area (Å²) >= 11 is 0. The van der Waals surface area contributed by atoms with Crippen LogP contribution in [0, 0.1) is 0 Å². The van der Waals surface area contributed by atoms with Crippen LogP contribution >= 0.6 is 0 Å². The molecule has 0 spiro atoms. The number of aromatic nitrogens is 2. The number of aromatic amines is 1. The fraction of sp³-hybridized carbons (Fsp3) is 0. The van der Waals surface area contributed by atoms with E-state index in [1.54, 1.807) is 18.2 Å². The maximum atomic E-state index is 11.6. The minimum atomic E-state index is -0.245. The molecule has 2 N–H and O–H groups in total. The van der Waals surface area contributed by atoms with Gasteiger partial charge in [0.1, 0.15) is 0 Å². The summed E-state index contributed by atoms with van der Waals surface area (Å²) in [4.78, 5) is 25.8. The van der Waals surface area contributed by atoms with Crippen LogP contribution in [0.25, 0.3) is 17.2 Å². The molecule has 3 rings (SSSR count). The zero-order valence-corrected chi connectivity index (χ0v) is 7.65. The second-order valence-electron chi connectivity index (χ2n) is 3.29. The van der Waals surface area contributed by atoms with Gasteiger partial charge < -0.3 is 10.3 Å². The van der Waals surface area contributed by atoms with Gasteiger partial charge in [0.05, 0.1) is 16.6 Å². The van der Waals surface area contributed by atoms with Gasteiger partial charge in [0.15, 0.2) is 0 Å². The summed E-state index contributed by atoms with van der Waals surface area (Å²) < 4.78 is 1.42. The van der Waals surface area contributed by atoms with Gasteiger partial charge in [-0.05, 0) is 12.1 Å². The average molecular weight is 201 g/mol. The van der Waals surface area contributed by atoms with Crippen molar-refractivity contribution in [2.45, 2.75) is 0 Å². The van der Waals surface area contributed by atoms with Gasteiger partial charge in [-0.1, -0.05) is 6.07 Å². The molecule has 0 bridgehead atoms. The first-order valence-corrected chi connectivity index (χ1v) is 4.48. The van der Waals surface area contributed by atoms with Crippen LogP contribution in [0.4, 0.5) is 0 Å². The highest BCUT2D eigenvalue weighted by Gasteiger charge is 2.16. The number of hydrogen-bond donors (Lipinski definition) is 2. The van der Waals surface area contributed by atoms with Gasteiger partial charge in [-0.15, -0.1) is 0 Å². The summed E-state index contributed by atoms with van der Waals surface area (Å²) in [5, 5.41) is 2.57. The second kappa shape index (κ2) is 2.60. The second-order valence-corrected chi connectivity index (χ2v) is 3.29. The number of para-hydroxylation sites is 1. The Morgan fingerprint density at radius 3 is 2.93 bits per heavy atom. The lowest BCUT2D eigenvalue weighted by atomic mass is 10.2. The van der Waals surface area contributed by atoms with Crippen LogP contribution < -0.4 is 11.0 Å². The van der Waals surface area contributed by atoms with E-state index in [1.165, 1.54) is 17.0 Å². The topological polar surface area (TPSA) is 66.9 Å². The molecule has 0 unspecified atom stereocenters. The maximum Gasteiger partial charge on any atom is 0.330 e. The summed E-state index contributed by atoms with van der Waals surface area (Å²) in [6.45, 7) is 0. The van der Waals surface area contributed by atoms with Gasteiger partial charge in [-0.25, -0.2) is 4.79 Å². The average Bonchev–Trinajstić information content (AvgIpc) is 2.43. The molecule has 0 aliphatic carbocycles. The number of imidazole rings is 1. The lowest BCUT2D eigenvalue weighted by Crippen LogP contribution is -2.15. The zero-order valence-electron chi connectivity index (χ0n) is 7.65. The minimum absolute atomic E-state index is 0.206. The van der Waals surface area contributed by atoms with Crippen molar-refractivity contribution in [3.8, 4) is 0 Å². The van der Waals surface area contributed by atoms with Gasteiger partial charge >= 0.3 is 5.69 Å². The highest BCUT2D eigenvalue weighted by atomic mass is 16.2. The predicted octanol–water partition coefficient (Wildman–Crippen LogP) is 0.501. The number of hydrogen-bond acceptors (Lipinski definition) is 2. The Kier molecular flexibility index (Phi) is 1.39. The molecule has 0 atom stereocenters. The van der Waals surface area contributed by atoms with Gasteiger partial charge in [-0.3, -0.25) is 9.36 Å². The van der Waals surface area contributed by atoms with Crippen LogP contribution in [0.1, 0.15) is 10.4 Å². The van der Waals surface area contributed by atoms with Crippen LogP contribution in [-0.4, -0.2) is 15.5 Å². The Labute approximate surface area is 84.0 Å². The maximum absolute atomic E-state index is 11.6. The van der Waals surface area contributed by atoms with Gasteiger partial charge in [0.25, 0.3) is 5.91 Å². The molecule has 1 aliphatic heterocycles. The lowest BCUT2D eigenvalue weighted by Gasteiger charge is -1.99. The molecule has 1 aromatic carbocycles. The highest BCUT2D eigenvalue weighted by molar-refractivity contribution is 6.06. The molecule has 15 heavy (non-hydrogen) atoms. The highest BCUT2D eigenvalue weighted by Crippen LogP contribution is 2.17. The van der Waals surface area contributed by atoms with E-state index in [-0.39, 0.29) is 11.6 Å². The Balaban J connectivity index is 2.60. The SMILES string of the molecule is O=C1NC=Cn2c(=O)[nH]c3cccc1c32. The van der Waals surface area contributed by atoms with E-state index in [0.29, 0.717) is 16.6 Å². The summed E-state index contributed by atoms with van der Waals surface area (Å²) in [6, 6.07) is 5.19. The van der Waals surface area contributed by atoms with Crippen molar-refractivity contribution < 1.29 is 4.79 Å². The molecular formula is C10H7N3O2. The zero-order chi connectivity index (χ0) is 10.4. The molecule has 0 fully saturated rings. The van der Waals surface area contributed by atoms with Gasteiger partial charge in [0.2, 0.25) is 0 Å². The van der Waals surface area contributed by atoms with Crippen LogP contribution in [-0.2, 0) is 0 Å². The number of carbonyl (C=O) groups is 1. The van der Waals surface area contributed by atoms with E-state index >= 15 is 0 Å². The summed E-state index contributed by atoms with van der Waals surface area (Å²) in [6.07, 6.45) is 2.99. The molecule has 0 radical (unpaired) electrons. The van der Waals surface area contributed by atoms with E-state index in [9.17, 15) is 9.59 Å². The molecule has 74 valence electrons. The third-order valence-electron chi connectivity index (χ3n) is 2.42.